The van der Waals surface area contributed by atoms with Gasteiger partial charge in [0.15, 0.2) is 0 Å². The van der Waals surface area contributed by atoms with Gasteiger partial charge >= 0.3 is 6.85 Å². The summed E-state index contributed by atoms with van der Waals surface area (Å²) in [5.41, 5.74) is 8.75. The van der Waals surface area contributed by atoms with E-state index >= 15 is 0 Å². The molecule has 2 aliphatic heterocycles. The van der Waals surface area contributed by atoms with Crippen LogP contribution in [-0.4, -0.2) is 31.9 Å². The van der Waals surface area contributed by atoms with Gasteiger partial charge in [0.05, 0.1) is 0 Å². The Morgan fingerprint density at radius 3 is 1.43 bits per heavy atom. The van der Waals surface area contributed by atoms with Crippen LogP contribution in [0.25, 0.3) is 0 Å². The molecule has 0 amide bonds. The molecule has 0 fully saturated rings. The highest BCUT2D eigenvalue weighted by atomic mass is 32.3. The maximum absolute atomic E-state index is 2.76. The van der Waals surface area contributed by atoms with Crippen molar-refractivity contribution in [2.24, 2.45) is 0 Å². The average molecular weight is 566 g/mol. The summed E-state index contributed by atoms with van der Waals surface area (Å²) in [4.78, 5) is 8.87. The molecule has 0 atom stereocenters. The van der Waals surface area contributed by atoms with Gasteiger partial charge in [0.1, 0.15) is 0 Å². The molecule has 4 heteroatoms. The predicted molar refractivity (Wildman–Crippen MR) is 182 cm³/mol. The lowest BCUT2D eigenvalue weighted by Crippen LogP contribution is -2.59. The lowest BCUT2D eigenvalue weighted by molar-refractivity contribution is 0.793. The second-order valence-corrected chi connectivity index (χ2v) is 19.4. The van der Waals surface area contributed by atoms with Crippen LogP contribution in [0.3, 0.4) is 0 Å². The molecule has 0 aliphatic carbocycles. The van der Waals surface area contributed by atoms with E-state index in [2.05, 4.69) is 129 Å². The van der Waals surface area contributed by atoms with Crippen LogP contribution in [0.2, 0.25) is 0 Å². The van der Waals surface area contributed by atoms with Gasteiger partial charge in [0.25, 0.3) is 0 Å². The van der Waals surface area contributed by atoms with E-state index in [-0.39, 0.29) is 6.85 Å². The molecule has 40 heavy (non-hydrogen) atoms. The first-order chi connectivity index (χ1) is 19.3. The topological polar surface area (TPSA) is 3.24 Å². The van der Waals surface area contributed by atoms with Crippen molar-refractivity contribution in [3.63, 3.8) is 0 Å². The summed E-state index contributed by atoms with van der Waals surface area (Å²) in [7, 11) is -2.27. The molecule has 2 aliphatic rings. The first-order valence-electron chi connectivity index (χ1n) is 15.0. The van der Waals surface area contributed by atoms with E-state index in [1.165, 1.54) is 78.7 Å². The molecule has 0 unspecified atom stereocenters. The second kappa shape index (κ2) is 10.7. The minimum atomic E-state index is -1.16. The number of unbranched alkanes of at least 4 members (excludes halogenated alkanes) is 2. The van der Waals surface area contributed by atoms with Gasteiger partial charge in [-0.3, -0.25) is 0 Å². The van der Waals surface area contributed by atoms with Crippen LogP contribution >= 0.6 is 20.1 Å². The fourth-order valence-corrected chi connectivity index (χ4v) is 11.9. The van der Waals surface area contributed by atoms with Crippen molar-refractivity contribution in [3.05, 3.63) is 96.1 Å². The van der Waals surface area contributed by atoms with Gasteiger partial charge < -0.3 is 4.81 Å². The maximum Gasteiger partial charge on any atom is 0.330 e. The second-order valence-electron chi connectivity index (χ2n) is 12.3. The Hall–Kier alpha value is -2.56. The third-order valence-corrected chi connectivity index (χ3v) is 14.9. The molecule has 4 aromatic carbocycles. The fourth-order valence-electron chi connectivity index (χ4n) is 6.87. The Bertz CT molecular complexity index is 1450. The number of anilines is 2. The Morgan fingerprint density at radius 2 is 0.975 bits per heavy atom. The monoisotopic (exact) mass is 565 g/mol. The lowest BCUT2D eigenvalue weighted by Gasteiger charge is -2.50. The van der Waals surface area contributed by atoms with E-state index in [4.69, 9.17) is 0 Å². The third kappa shape index (κ3) is 4.43. The minimum Gasteiger partial charge on any atom is -0.375 e. The van der Waals surface area contributed by atoms with E-state index in [9.17, 15) is 0 Å². The highest BCUT2D eigenvalue weighted by Crippen LogP contribution is 2.67. The summed E-state index contributed by atoms with van der Waals surface area (Å²) in [5, 5.41) is 0. The Labute approximate surface area is 246 Å². The van der Waals surface area contributed by atoms with Crippen LogP contribution in [0.4, 0.5) is 11.4 Å². The molecular formula is C36H44BNS2. The molecule has 0 N–H and O–H groups in total. The quantitative estimate of drug-likeness (QED) is 0.202. The molecule has 0 saturated heterocycles. The van der Waals surface area contributed by atoms with Crippen molar-refractivity contribution in [1.82, 2.24) is 0 Å². The van der Waals surface area contributed by atoms with Crippen molar-refractivity contribution < 1.29 is 0 Å². The van der Waals surface area contributed by atoms with E-state index in [1.54, 1.807) is 0 Å². The highest BCUT2D eigenvalue weighted by molar-refractivity contribution is 8.33. The van der Waals surface area contributed by atoms with Gasteiger partial charge in [0.2, 0.25) is 0 Å². The molecule has 208 valence electrons. The van der Waals surface area contributed by atoms with Gasteiger partial charge in [0, 0.05) is 21.2 Å². The largest absolute Gasteiger partial charge is 0.375 e. The van der Waals surface area contributed by atoms with E-state index in [1.807, 2.05) is 0 Å². The zero-order valence-electron chi connectivity index (χ0n) is 25.2. The van der Waals surface area contributed by atoms with Gasteiger partial charge in [-0.05, 0) is 107 Å². The van der Waals surface area contributed by atoms with Crippen molar-refractivity contribution in [1.29, 1.82) is 0 Å². The van der Waals surface area contributed by atoms with Crippen molar-refractivity contribution in [2.75, 3.05) is 29.8 Å². The number of fused-ring (bicyclic) bond motifs is 4. The summed E-state index contributed by atoms with van der Waals surface area (Å²) in [5.74, 6) is 0. The molecule has 4 aromatic rings. The van der Waals surface area contributed by atoms with Crippen LogP contribution in [0, 0.1) is 0 Å². The van der Waals surface area contributed by atoms with Gasteiger partial charge in [-0.2, -0.15) is 20.1 Å². The van der Waals surface area contributed by atoms with E-state index < -0.39 is 20.1 Å². The normalized spacial score (nSPS) is 17.8. The van der Waals surface area contributed by atoms with Crippen LogP contribution in [0.15, 0.2) is 105 Å². The molecule has 0 spiro atoms. The smallest absolute Gasteiger partial charge is 0.330 e. The number of aryl methyl sites for hydroxylation is 2. The molecule has 0 saturated carbocycles. The zero-order chi connectivity index (χ0) is 28.1. The van der Waals surface area contributed by atoms with Crippen LogP contribution in [0.5, 0.6) is 0 Å². The SMILES string of the molecule is CCCCc1ccc2c(c1)N(B1c3ccccc3S(C)(C)c3ccccc31)c1cc(CCCC)ccc1S2(C)C. The number of hydrogen-bond donors (Lipinski definition) is 0. The van der Waals surface area contributed by atoms with Crippen molar-refractivity contribution in [2.45, 2.75) is 72.0 Å². The molecule has 0 aromatic heterocycles. The fraction of sp³-hybridized carbons (Fsp3) is 0.333. The first-order valence-corrected chi connectivity index (χ1v) is 19.9. The molecule has 1 nitrogen and oxygen atoms in total. The minimum absolute atomic E-state index is 0.156. The van der Waals surface area contributed by atoms with Gasteiger partial charge in [-0.15, -0.1) is 0 Å². The number of nitrogens with zero attached hydrogens (tertiary/aromatic N) is 1. The summed E-state index contributed by atoms with van der Waals surface area (Å²) in [6, 6.07) is 33.5. The molecule has 0 bridgehead atoms. The lowest BCUT2D eigenvalue weighted by atomic mass is 9.48. The van der Waals surface area contributed by atoms with Crippen LogP contribution in [0.1, 0.15) is 50.7 Å². The highest BCUT2D eigenvalue weighted by Gasteiger charge is 2.45. The number of hydrogen-bond acceptors (Lipinski definition) is 1. The van der Waals surface area contributed by atoms with Gasteiger partial charge in [-0.1, -0.05) is 87.4 Å². The van der Waals surface area contributed by atoms with E-state index in [0.29, 0.717) is 0 Å². The van der Waals surface area contributed by atoms with Crippen molar-refractivity contribution >= 4 is 49.2 Å². The predicted octanol–water partition coefficient (Wildman–Crippen LogP) is 8.91. The Balaban J connectivity index is 1.66. The molecular weight excluding hydrogens is 521 g/mol. The third-order valence-electron chi connectivity index (χ3n) is 9.09. The summed E-state index contributed by atoms with van der Waals surface area (Å²) >= 11 is 0. The van der Waals surface area contributed by atoms with Crippen molar-refractivity contribution in [3.8, 4) is 0 Å². The molecule has 6 rings (SSSR count). The summed E-state index contributed by atoms with van der Waals surface area (Å²) < 4.78 is 0. The van der Waals surface area contributed by atoms with E-state index in [0.717, 1.165) is 12.8 Å². The average Bonchev–Trinajstić information content (AvgIpc) is 2.96. The molecule has 0 radical (unpaired) electrons. The van der Waals surface area contributed by atoms with Crippen LogP contribution < -0.4 is 15.7 Å². The Morgan fingerprint density at radius 1 is 0.550 bits per heavy atom. The number of benzene rings is 4. The molecule has 2 heterocycles. The Kier molecular flexibility index (Phi) is 7.38. The standard InChI is InChI=1S/C36H44BNS2/c1-7-9-15-27-21-23-35-31(25-27)38(32-26-28(16-10-8-2)22-24-36(32)40(35,5)6)37-29-17-11-13-19-33(29)39(3,4)34-20-14-12-18-30(34)37/h11-14,17-26H,7-10,15-16H2,1-6H3. The number of rotatable bonds is 7. The first kappa shape index (κ1) is 27.6. The zero-order valence-corrected chi connectivity index (χ0v) is 26.8. The van der Waals surface area contributed by atoms with Crippen LogP contribution in [-0.2, 0) is 12.8 Å². The maximum atomic E-state index is 2.76. The summed E-state index contributed by atoms with van der Waals surface area (Å²) in [6.07, 6.45) is 17.2. The summed E-state index contributed by atoms with van der Waals surface area (Å²) in [6.45, 7) is 4.75. The van der Waals surface area contributed by atoms with Gasteiger partial charge in [-0.25, -0.2) is 0 Å².